The lowest BCUT2D eigenvalue weighted by atomic mass is 9.94. The lowest BCUT2D eigenvalue weighted by Crippen LogP contribution is -2.42. The van der Waals surface area contributed by atoms with Gasteiger partial charge in [-0.1, -0.05) is 72.8 Å². The Labute approximate surface area is 235 Å². The van der Waals surface area contributed by atoms with Gasteiger partial charge in [-0.25, -0.2) is 9.59 Å². The summed E-state index contributed by atoms with van der Waals surface area (Å²) in [7, 11) is 0. The van der Waals surface area contributed by atoms with Crippen LogP contribution in [-0.2, 0) is 33.9 Å². The first-order chi connectivity index (χ1) is 19.4. The molecule has 1 heterocycles. The third-order valence-corrected chi connectivity index (χ3v) is 6.80. The van der Waals surface area contributed by atoms with E-state index in [0.29, 0.717) is 19.1 Å². The largest absolute Gasteiger partial charge is 0.494 e. The highest BCUT2D eigenvalue weighted by molar-refractivity contribution is 6.27. The van der Waals surface area contributed by atoms with Crippen LogP contribution in [0.15, 0.2) is 84.9 Å². The standard InChI is InChI=1S/C30H36N2O2.C2H2O4/c1-2-34-29-15-13-27(14-16-29)23-31-20-18-28(19-21-31)30(33)32(24-26-11-7-4-8-12-26)22-17-25-9-5-3-6-10-25;3-1(4)2(5)6/h3-16,28H,2,17-24H2,1H3;(H,3,4)(H,5,6). The van der Waals surface area contributed by atoms with Crippen LogP contribution in [0.2, 0.25) is 0 Å². The second kappa shape index (κ2) is 16.1. The Hall–Kier alpha value is -4.17. The van der Waals surface area contributed by atoms with E-state index in [1.54, 1.807) is 0 Å². The SMILES string of the molecule is CCOc1ccc(CN2CCC(C(=O)N(CCc3ccccc3)Cc3ccccc3)CC2)cc1.O=C(O)C(=O)O. The molecule has 1 fully saturated rings. The Morgan fingerprint density at radius 3 is 1.88 bits per heavy atom. The zero-order chi connectivity index (χ0) is 28.7. The van der Waals surface area contributed by atoms with E-state index in [1.165, 1.54) is 16.7 Å². The molecule has 4 rings (SSSR count). The molecule has 0 spiro atoms. The van der Waals surface area contributed by atoms with Crippen molar-refractivity contribution in [2.45, 2.75) is 39.3 Å². The maximum Gasteiger partial charge on any atom is 0.414 e. The number of hydrogen-bond acceptors (Lipinski definition) is 5. The van der Waals surface area contributed by atoms with Crippen LogP contribution in [-0.4, -0.2) is 64.1 Å². The molecular weight excluding hydrogens is 508 g/mol. The van der Waals surface area contributed by atoms with E-state index in [-0.39, 0.29) is 5.92 Å². The molecule has 212 valence electrons. The highest BCUT2D eigenvalue weighted by atomic mass is 16.5. The number of carboxylic acids is 2. The van der Waals surface area contributed by atoms with Crippen LogP contribution in [0, 0.1) is 5.92 Å². The molecule has 0 saturated carbocycles. The van der Waals surface area contributed by atoms with Gasteiger partial charge in [0.2, 0.25) is 5.91 Å². The molecule has 8 nitrogen and oxygen atoms in total. The summed E-state index contributed by atoms with van der Waals surface area (Å²) in [4.78, 5) is 36.3. The fourth-order valence-electron chi connectivity index (χ4n) is 4.69. The summed E-state index contributed by atoms with van der Waals surface area (Å²) in [5.74, 6) is -2.31. The lowest BCUT2D eigenvalue weighted by Gasteiger charge is -2.34. The van der Waals surface area contributed by atoms with Crippen molar-refractivity contribution in [3.05, 3.63) is 102 Å². The van der Waals surface area contributed by atoms with Crippen LogP contribution in [0.5, 0.6) is 5.75 Å². The minimum Gasteiger partial charge on any atom is -0.494 e. The van der Waals surface area contributed by atoms with Crippen molar-refractivity contribution in [1.82, 2.24) is 9.80 Å². The predicted molar refractivity (Wildman–Crippen MR) is 153 cm³/mol. The van der Waals surface area contributed by atoms with Crippen molar-refractivity contribution >= 4 is 17.8 Å². The topological polar surface area (TPSA) is 107 Å². The van der Waals surface area contributed by atoms with Crippen molar-refractivity contribution in [3.63, 3.8) is 0 Å². The maximum atomic E-state index is 13.6. The summed E-state index contributed by atoms with van der Waals surface area (Å²) < 4.78 is 5.55. The summed E-state index contributed by atoms with van der Waals surface area (Å²) >= 11 is 0. The summed E-state index contributed by atoms with van der Waals surface area (Å²) in [5.41, 5.74) is 3.76. The fraction of sp³-hybridized carbons (Fsp3) is 0.344. The van der Waals surface area contributed by atoms with Gasteiger partial charge in [-0.05, 0) is 68.1 Å². The van der Waals surface area contributed by atoms with Crippen LogP contribution in [0.4, 0.5) is 0 Å². The number of likely N-dealkylation sites (tertiary alicyclic amines) is 1. The molecule has 2 N–H and O–H groups in total. The third-order valence-electron chi connectivity index (χ3n) is 6.80. The molecule has 40 heavy (non-hydrogen) atoms. The fourth-order valence-corrected chi connectivity index (χ4v) is 4.69. The number of nitrogens with zero attached hydrogens (tertiary/aromatic N) is 2. The van der Waals surface area contributed by atoms with Gasteiger partial charge < -0.3 is 19.8 Å². The van der Waals surface area contributed by atoms with Gasteiger partial charge in [0.05, 0.1) is 6.61 Å². The normalized spacial score (nSPS) is 13.5. The molecule has 1 amide bonds. The Kier molecular flexibility index (Phi) is 12.2. The molecule has 3 aromatic rings. The first-order valence-electron chi connectivity index (χ1n) is 13.6. The Balaban J connectivity index is 0.000000663. The Bertz CT molecular complexity index is 1180. The van der Waals surface area contributed by atoms with E-state index in [9.17, 15) is 4.79 Å². The molecule has 0 atom stereocenters. The average molecular weight is 547 g/mol. The van der Waals surface area contributed by atoms with E-state index in [1.807, 2.05) is 31.2 Å². The molecule has 0 radical (unpaired) electrons. The van der Waals surface area contributed by atoms with Gasteiger partial charge in [0.25, 0.3) is 0 Å². The van der Waals surface area contributed by atoms with Crippen LogP contribution in [0.1, 0.15) is 36.5 Å². The minimum atomic E-state index is -1.82. The van der Waals surface area contributed by atoms with Crippen molar-refractivity contribution in [3.8, 4) is 5.75 Å². The second-order valence-electron chi connectivity index (χ2n) is 9.72. The number of benzene rings is 3. The Morgan fingerprint density at radius 2 is 1.35 bits per heavy atom. The smallest absolute Gasteiger partial charge is 0.414 e. The number of piperidine rings is 1. The van der Waals surface area contributed by atoms with Gasteiger partial charge in [-0.3, -0.25) is 9.69 Å². The zero-order valence-electron chi connectivity index (χ0n) is 22.9. The predicted octanol–water partition coefficient (Wildman–Crippen LogP) is 4.72. The third kappa shape index (κ3) is 10.2. The number of amides is 1. The van der Waals surface area contributed by atoms with Gasteiger partial charge in [0.1, 0.15) is 5.75 Å². The van der Waals surface area contributed by atoms with E-state index in [4.69, 9.17) is 24.5 Å². The lowest BCUT2D eigenvalue weighted by molar-refractivity contribution is -0.159. The second-order valence-corrected chi connectivity index (χ2v) is 9.72. The quantitative estimate of drug-likeness (QED) is 0.354. The summed E-state index contributed by atoms with van der Waals surface area (Å²) in [6, 6.07) is 29.2. The zero-order valence-corrected chi connectivity index (χ0v) is 22.9. The molecule has 0 bridgehead atoms. The summed E-state index contributed by atoms with van der Waals surface area (Å²) in [6.07, 6.45) is 2.73. The van der Waals surface area contributed by atoms with E-state index < -0.39 is 11.9 Å². The molecule has 0 unspecified atom stereocenters. The van der Waals surface area contributed by atoms with Gasteiger partial charge >= 0.3 is 11.9 Å². The van der Waals surface area contributed by atoms with E-state index in [0.717, 1.165) is 51.2 Å². The van der Waals surface area contributed by atoms with Gasteiger partial charge in [-0.2, -0.15) is 0 Å². The first kappa shape index (κ1) is 30.4. The summed E-state index contributed by atoms with van der Waals surface area (Å²) in [6.45, 7) is 6.97. The van der Waals surface area contributed by atoms with Crippen LogP contribution in [0.3, 0.4) is 0 Å². The number of carbonyl (C=O) groups excluding carboxylic acids is 1. The number of carbonyl (C=O) groups is 3. The molecule has 1 aliphatic rings. The molecule has 1 saturated heterocycles. The molecule has 0 aliphatic carbocycles. The molecule has 0 aromatic heterocycles. The van der Waals surface area contributed by atoms with Crippen LogP contribution in [0.25, 0.3) is 0 Å². The first-order valence-corrected chi connectivity index (χ1v) is 13.6. The van der Waals surface area contributed by atoms with Crippen LogP contribution >= 0.6 is 0 Å². The number of aliphatic carboxylic acids is 2. The maximum absolute atomic E-state index is 13.6. The van der Waals surface area contributed by atoms with Crippen molar-refractivity contribution in [2.75, 3.05) is 26.2 Å². The minimum absolute atomic E-state index is 0.107. The van der Waals surface area contributed by atoms with Crippen molar-refractivity contribution in [2.24, 2.45) is 5.92 Å². The van der Waals surface area contributed by atoms with Gasteiger partial charge in [0.15, 0.2) is 0 Å². The van der Waals surface area contributed by atoms with Gasteiger partial charge in [-0.15, -0.1) is 0 Å². The van der Waals surface area contributed by atoms with E-state index in [2.05, 4.69) is 70.5 Å². The number of hydrogen-bond donors (Lipinski definition) is 2. The highest BCUT2D eigenvalue weighted by Gasteiger charge is 2.28. The molecule has 8 heteroatoms. The molecular formula is C32H38N2O6. The van der Waals surface area contributed by atoms with Crippen LogP contribution < -0.4 is 4.74 Å². The number of rotatable bonds is 10. The van der Waals surface area contributed by atoms with Crippen molar-refractivity contribution in [1.29, 1.82) is 0 Å². The summed E-state index contributed by atoms with van der Waals surface area (Å²) in [5, 5.41) is 14.8. The van der Waals surface area contributed by atoms with E-state index >= 15 is 0 Å². The number of ether oxygens (including phenoxy) is 1. The highest BCUT2D eigenvalue weighted by Crippen LogP contribution is 2.23. The Morgan fingerprint density at radius 1 is 0.800 bits per heavy atom. The molecule has 3 aromatic carbocycles. The molecule has 1 aliphatic heterocycles. The van der Waals surface area contributed by atoms with Crippen molar-refractivity contribution < 1.29 is 29.3 Å². The van der Waals surface area contributed by atoms with Gasteiger partial charge in [0, 0.05) is 25.6 Å². The number of carboxylic acid groups (broad SMARTS) is 2. The average Bonchev–Trinajstić information content (AvgIpc) is 2.98. The monoisotopic (exact) mass is 546 g/mol.